The lowest BCUT2D eigenvalue weighted by molar-refractivity contribution is 0.324. The highest BCUT2D eigenvalue weighted by molar-refractivity contribution is 7.22. The van der Waals surface area contributed by atoms with Gasteiger partial charge in [-0.3, -0.25) is 0 Å². The zero-order valence-electron chi connectivity index (χ0n) is 22.7. The summed E-state index contributed by atoms with van der Waals surface area (Å²) in [7, 11) is 9.53. The Morgan fingerprint density at radius 1 is 0.692 bits per heavy atom. The van der Waals surface area contributed by atoms with Crippen LogP contribution in [-0.2, 0) is 0 Å². The van der Waals surface area contributed by atoms with Gasteiger partial charge in [0.25, 0.3) is 0 Å². The molecule has 0 fully saturated rings. The molecule has 2 aromatic heterocycles. The topological polar surface area (TPSA) is 99.0 Å². The van der Waals surface area contributed by atoms with Gasteiger partial charge < -0.3 is 28.4 Å². The number of aromatic nitrogens is 4. The average Bonchev–Trinajstić information content (AvgIpc) is 3.62. The molecule has 0 aliphatic rings. The van der Waals surface area contributed by atoms with Gasteiger partial charge in [-0.25, -0.2) is 9.67 Å². The molecule has 0 N–H and O–H groups in total. The van der Waals surface area contributed by atoms with Crippen LogP contribution in [0.3, 0.4) is 0 Å². The zero-order chi connectivity index (χ0) is 27.7. The van der Waals surface area contributed by atoms with E-state index < -0.39 is 0 Å². The Labute approximate surface area is 229 Å². The minimum absolute atomic E-state index is 0.520. The van der Waals surface area contributed by atoms with Crippen LogP contribution in [0, 0.1) is 6.92 Å². The first-order valence-electron chi connectivity index (χ1n) is 11.9. The minimum Gasteiger partial charge on any atom is -0.493 e. The lowest BCUT2D eigenvalue weighted by atomic mass is 10.1. The maximum Gasteiger partial charge on any atom is 0.204 e. The normalized spacial score (nSPS) is 10.9. The van der Waals surface area contributed by atoms with Crippen molar-refractivity contribution in [3.05, 3.63) is 48.2 Å². The number of benzene rings is 3. The van der Waals surface area contributed by atoms with Crippen LogP contribution in [0.5, 0.6) is 34.5 Å². The van der Waals surface area contributed by atoms with Gasteiger partial charge in [0.2, 0.25) is 11.5 Å². The molecular weight excluding hydrogens is 520 g/mol. The monoisotopic (exact) mass is 548 g/mol. The third-order valence-electron chi connectivity index (χ3n) is 6.33. The maximum absolute atomic E-state index is 5.65. The second kappa shape index (κ2) is 10.7. The molecule has 5 rings (SSSR count). The molecule has 202 valence electrons. The van der Waals surface area contributed by atoms with Crippen LogP contribution in [-0.4, -0.2) is 62.6 Å². The molecular formula is C28H28N4O6S. The summed E-state index contributed by atoms with van der Waals surface area (Å²) in [4.78, 5) is 4.84. The largest absolute Gasteiger partial charge is 0.493 e. The van der Waals surface area contributed by atoms with E-state index in [9.17, 15) is 0 Å². The highest BCUT2D eigenvalue weighted by atomic mass is 32.1. The molecule has 0 amide bonds. The SMILES string of the molecule is COc1cc(-c2cn(-c3ccc(-c4nc5cc(OC)c(OC)c(OC)c5s4)cc3C)nn2)cc(OC)c1OC. The molecule has 0 spiro atoms. The van der Waals surface area contributed by atoms with E-state index in [0.717, 1.165) is 37.6 Å². The van der Waals surface area contributed by atoms with Gasteiger partial charge in [-0.05, 0) is 42.8 Å². The third kappa shape index (κ3) is 4.54. The molecule has 0 radical (unpaired) electrons. The van der Waals surface area contributed by atoms with Crippen molar-refractivity contribution in [2.45, 2.75) is 6.92 Å². The maximum atomic E-state index is 5.65. The van der Waals surface area contributed by atoms with E-state index >= 15 is 0 Å². The van der Waals surface area contributed by atoms with Crippen molar-refractivity contribution in [1.82, 2.24) is 20.0 Å². The predicted octanol–water partition coefficient (Wildman–Crippen LogP) is 5.57. The fraction of sp³-hybridized carbons (Fsp3) is 0.250. The molecule has 39 heavy (non-hydrogen) atoms. The van der Waals surface area contributed by atoms with Gasteiger partial charge in [0.1, 0.15) is 15.4 Å². The van der Waals surface area contributed by atoms with Gasteiger partial charge in [0, 0.05) is 17.2 Å². The Balaban J connectivity index is 1.50. The molecule has 3 aromatic carbocycles. The Hall–Kier alpha value is -4.51. The van der Waals surface area contributed by atoms with Crippen molar-refractivity contribution in [2.75, 3.05) is 42.7 Å². The van der Waals surface area contributed by atoms with Gasteiger partial charge in [0.15, 0.2) is 23.0 Å². The van der Waals surface area contributed by atoms with Gasteiger partial charge in [-0.1, -0.05) is 5.21 Å². The molecule has 2 heterocycles. The summed E-state index contributed by atoms with van der Waals surface area (Å²) in [5.74, 6) is 3.33. The summed E-state index contributed by atoms with van der Waals surface area (Å²) in [5, 5.41) is 9.61. The quantitative estimate of drug-likeness (QED) is 0.234. The lowest BCUT2D eigenvalue weighted by Gasteiger charge is -2.13. The van der Waals surface area contributed by atoms with Crippen LogP contribution in [0.25, 0.3) is 37.7 Å². The van der Waals surface area contributed by atoms with Crippen molar-refractivity contribution < 1.29 is 28.4 Å². The Morgan fingerprint density at radius 2 is 1.33 bits per heavy atom. The van der Waals surface area contributed by atoms with E-state index in [1.165, 1.54) is 11.3 Å². The van der Waals surface area contributed by atoms with Crippen molar-refractivity contribution in [3.8, 4) is 62.0 Å². The van der Waals surface area contributed by atoms with Crippen LogP contribution in [0.2, 0.25) is 0 Å². The summed E-state index contributed by atoms with van der Waals surface area (Å²) in [6.07, 6.45) is 1.86. The van der Waals surface area contributed by atoms with Crippen molar-refractivity contribution >= 4 is 21.6 Å². The number of hydrogen-bond donors (Lipinski definition) is 0. The number of methoxy groups -OCH3 is 6. The second-order valence-corrected chi connectivity index (χ2v) is 9.48. The summed E-state index contributed by atoms with van der Waals surface area (Å²) in [6.45, 7) is 2.03. The highest BCUT2D eigenvalue weighted by Gasteiger charge is 2.21. The van der Waals surface area contributed by atoms with Crippen LogP contribution >= 0.6 is 11.3 Å². The van der Waals surface area contributed by atoms with Gasteiger partial charge in [0.05, 0.1) is 60.1 Å². The summed E-state index contributed by atoms with van der Waals surface area (Å²) in [5.41, 5.74) is 5.11. The first-order chi connectivity index (χ1) is 19.0. The van der Waals surface area contributed by atoms with Crippen molar-refractivity contribution in [2.24, 2.45) is 0 Å². The molecule has 0 bridgehead atoms. The van der Waals surface area contributed by atoms with E-state index in [4.69, 9.17) is 33.4 Å². The fourth-order valence-corrected chi connectivity index (χ4v) is 5.50. The fourth-order valence-electron chi connectivity index (χ4n) is 4.44. The van der Waals surface area contributed by atoms with Crippen LogP contribution in [0.4, 0.5) is 0 Å². The summed E-state index contributed by atoms with van der Waals surface area (Å²) >= 11 is 1.53. The lowest BCUT2D eigenvalue weighted by Crippen LogP contribution is -1.98. The van der Waals surface area contributed by atoms with E-state index in [0.29, 0.717) is 40.2 Å². The van der Waals surface area contributed by atoms with E-state index in [2.05, 4.69) is 16.4 Å². The van der Waals surface area contributed by atoms with E-state index in [-0.39, 0.29) is 0 Å². The molecule has 0 aliphatic heterocycles. The Bertz CT molecular complexity index is 1640. The molecule has 5 aromatic rings. The minimum atomic E-state index is 0.520. The van der Waals surface area contributed by atoms with Crippen molar-refractivity contribution in [3.63, 3.8) is 0 Å². The Morgan fingerprint density at radius 3 is 1.92 bits per heavy atom. The van der Waals surface area contributed by atoms with Gasteiger partial charge >= 0.3 is 0 Å². The van der Waals surface area contributed by atoms with Crippen LogP contribution in [0.15, 0.2) is 42.6 Å². The van der Waals surface area contributed by atoms with Gasteiger partial charge in [-0.2, -0.15) is 0 Å². The number of thiazole rings is 1. The Kier molecular flexibility index (Phi) is 7.16. The second-order valence-electron chi connectivity index (χ2n) is 8.48. The zero-order valence-corrected chi connectivity index (χ0v) is 23.5. The van der Waals surface area contributed by atoms with E-state index in [1.807, 2.05) is 43.5 Å². The van der Waals surface area contributed by atoms with Gasteiger partial charge in [-0.15, -0.1) is 16.4 Å². The first kappa shape index (κ1) is 26.1. The molecule has 0 aliphatic carbocycles. The van der Waals surface area contributed by atoms with E-state index in [1.54, 1.807) is 47.3 Å². The molecule has 0 unspecified atom stereocenters. The van der Waals surface area contributed by atoms with Crippen molar-refractivity contribution in [1.29, 1.82) is 0 Å². The van der Waals surface area contributed by atoms with Crippen LogP contribution < -0.4 is 28.4 Å². The smallest absolute Gasteiger partial charge is 0.204 e. The number of fused-ring (bicyclic) bond motifs is 1. The van der Waals surface area contributed by atoms with Crippen LogP contribution in [0.1, 0.15) is 5.56 Å². The summed E-state index contributed by atoms with van der Waals surface area (Å²) < 4.78 is 35.7. The molecule has 0 saturated carbocycles. The first-order valence-corrected chi connectivity index (χ1v) is 12.7. The molecule has 0 saturated heterocycles. The number of nitrogens with zero attached hydrogens (tertiary/aromatic N) is 4. The molecule has 10 nitrogen and oxygen atoms in total. The predicted molar refractivity (Wildman–Crippen MR) is 149 cm³/mol. The number of hydrogen-bond acceptors (Lipinski definition) is 10. The standard InChI is InChI=1S/C28H28N4O6S/c1-15-10-16(28-29-18-13-23(35-4)25(37-6)26(38-7)27(18)39-28)8-9-20(15)32-14-19(30-31-32)17-11-21(33-2)24(36-5)22(12-17)34-3/h8-14H,1-7H3. The molecule has 11 heteroatoms. The number of aryl methyl sites for hydroxylation is 1. The molecule has 0 atom stereocenters. The average molecular weight is 549 g/mol. The summed E-state index contributed by atoms with van der Waals surface area (Å²) in [6, 6.07) is 11.6. The number of rotatable bonds is 9. The number of ether oxygens (including phenoxy) is 6. The third-order valence-corrected chi connectivity index (χ3v) is 7.45. The highest BCUT2D eigenvalue weighted by Crippen LogP contribution is 2.47.